The largest absolute Gasteiger partial charge is 0.505 e. The molecule has 0 spiro atoms. The molecule has 0 aliphatic carbocycles. The summed E-state index contributed by atoms with van der Waals surface area (Å²) in [6.45, 7) is 1.29. The molecule has 0 fully saturated rings. The van der Waals surface area contributed by atoms with E-state index in [-0.39, 0.29) is 42.1 Å². The van der Waals surface area contributed by atoms with Gasteiger partial charge in [-0.2, -0.15) is 0 Å². The number of nitro groups is 1. The number of nitrogens with zero attached hydrogens (tertiary/aromatic N) is 3. The molecule has 30 heavy (non-hydrogen) atoms. The monoisotopic (exact) mass is 409 g/mol. The van der Waals surface area contributed by atoms with E-state index in [1.165, 1.54) is 22.8 Å². The zero-order valence-electron chi connectivity index (χ0n) is 15.7. The summed E-state index contributed by atoms with van der Waals surface area (Å²) in [6.07, 6.45) is -0.0863. The molecule has 0 unspecified atom stereocenters. The third-order valence-corrected chi connectivity index (χ3v) is 5.79. The number of cyclic esters (lactones) is 1. The summed E-state index contributed by atoms with van der Waals surface area (Å²) < 4.78 is 6.30. The third-order valence-electron chi connectivity index (χ3n) is 5.79. The van der Waals surface area contributed by atoms with Crippen molar-refractivity contribution < 1.29 is 24.7 Å². The van der Waals surface area contributed by atoms with Gasteiger partial charge in [-0.25, -0.2) is 9.78 Å². The van der Waals surface area contributed by atoms with E-state index in [4.69, 9.17) is 4.74 Å². The smallest absolute Gasteiger partial charge is 0.343 e. The average Bonchev–Trinajstić information content (AvgIpc) is 3.10. The Labute approximate surface area is 168 Å². The molecule has 0 radical (unpaired) electrons. The number of carbonyl (C=O) groups is 1. The molecule has 2 aliphatic heterocycles. The van der Waals surface area contributed by atoms with Crippen molar-refractivity contribution in [3.63, 3.8) is 0 Å². The van der Waals surface area contributed by atoms with Gasteiger partial charge >= 0.3 is 5.97 Å². The molecule has 1 atom stereocenters. The zero-order chi connectivity index (χ0) is 21.4. The summed E-state index contributed by atoms with van der Waals surface area (Å²) in [5.41, 5.74) is -1.37. The SMILES string of the molecule is CC[C@@]1(O)C(=O)OCc2c1c(O)c1n(c2=O)Cc2cc3cc([N+](=O)[O-])ccc3nc2-1. The fourth-order valence-electron chi connectivity index (χ4n) is 4.23. The summed E-state index contributed by atoms with van der Waals surface area (Å²) in [5.74, 6) is -1.31. The molecule has 3 aromatic rings. The second-order valence-electron chi connectivity index (χ2n) is 7.36. The summed E-state index contributed by atoms with van der Waals surface area (Å²) in [4.78, 5) is 40.4. The van der Waals surface area contributed by atoms with Gasteiger partial charge in [-0.05, 0) is 18.6 Å². The van der Waals surface area contributed by atoms with Crippen molar-refractivity contribution in [2.75, 3.05) is 0 Å². The molecular formula is C20H15N3O7. The topological polar surface area (TPSA) is 145 Å². The molecule has 152 valence electrons. The van der Waals surface area contributed by atoms with Gasteiger partial charge in [0, 0.05) is 23.1 Å². The minimum Gasteiger partial charge on any atom is -0.505 e. The Morgan fingerprint density at radius 3 is 2.80 bits per heavy atom. The Morgan fingerprint density at radius 1 is 1.33 bits per heavy atom. The molecule has 0 saturated heterocycles. The van der Waals surface area contributed by atoms with E-state index in [1.54, 1.807) is 13.0 Å². The van der Waals surface area contributed by atoms with E-state index in [0.29, 0.717) is 22.2 Å². The lowest BCUT2D eigenvalue weighted by Gasteiger charge is -2.32. The first kappa shape index (κ1) is 18.3. The third kappa shape index (κ3) is 2.19. The lowest BCUT2D eigenvalue weighted by Crippen LogP contribution is -2.44. The number of aromatic hydroxyl groups is 1. The maximum atomic E-state index is 13.1. The van der Waals surface area contributed by atoms with Crippen LogP contribution in [-0.2, 0) is 28.3 Å². The van der Waals surface area contributed by atoms with Crippen molar-refractivity contribution in [1.82, 2.24) is 9.55 Å². The molecule has 4 heterocycles. The maximum Gasteiger partial charge on any atom is 0.343 e. The van der Waals surface area contributed by atoms with Crippen LogP contribution in [0.1, 0.15) is 30.0 Å². The molecule has 2 N–H and O–H groups in total. The van der Waals surface area contributed by atoms with Gasteiger partial charge in [-0.15, -0.1) is 0 Å². The van der Waals surface area contributed by atoms with E-state index in [0.717, 1.165) is 0 Å². The summed E-state index contributed by atoms with van der Waals surface area (Å²) >= 11 is 0. The van der Waals surface area contributed by atoms with E-state index >= 15 is 0 Å². The van der Waals surface area contributed by atoms with Crippen molar-refractivity contribution in [3.05, 3.63) is 61.4 Å². The number of aliphatic hydroxyl groups is 1. The van der Waals surface area contributed by atoms with Crippen molar-refractivity contribution in [1.29, 1.82) is 0 Å². The highest BCUT2D eigenvalue weighted by atomic mass is 16.6. The van der Waals surface area contributed by atoms with Gasteiger partial charge in [0.2, 0.25) is 0 Å². The van der Waals surface area contributed by atoms with Gasteiger partial charge in [-0.3, -0.25) is 19.5 Å². The number of ether oxygens (including phenoxy) is 1. The van der Waals surface area contributed by atoms with Gasteiger partial charge < -0.3 is 14.9 Å². The van der Waals surface area contributed by atoms with E-state index in [2.05, 4.69) is 4.98 Å². The molecule has 2 aromatic heterocycles. The van der Waals surface area contributed by atoms with Crippen LogP contribution in [0, 0.1) is 10.1 Å². The first-order valence-electron chi connectivity index (χ1n) is 9.23. The highest BCUT2D eigenvalue weighted by Crippen LogP contribution is 2.45. The number of fused-ring (bicyclic) bond motifs is 5. The Hall–Kier alpha value is -3.79. The molecule has 1 aromatic carbocycles. The fraction of sp³-hybridized carbons (Fsp3) is 0.250. The Balaban J connectivity index is 1.80. The van der Waals surface area contributed by atoms with Crippen molar-refractivity contribution in [3.8, 4) is 17.1 Å². The van der Waals surface area contributed by atoms with Gasteiger partial charge in [0.25, 0.3) is 11.2 Å². The Morgan fingerprint density at radius 2 is 2.10 bits per heavy atom. The number of nitro benzene ring substituents is 1. The molecule has 10 heteroatoms. The normalized spacial score (nSPS) is 19.2. The van der Waals surface area contributed by atoms with Gasteiger partial charge in [0.1, 0.15) is 18.1 Å². The number of rotatable bonds is 2. The number of aromatic nitrogens is 2. The highest BCUT2D eigenvalue weighted by molar-refractivity contribution is 5.89. The zero-order valence-corrected chi connectivity index (χ0v) is 15.7. The summed E-state index contributed by atoms with van der Waals surface area (Å²) in [7, 11) is 0. The summed E-state index contributed by atoms with van der Waals surface area (Å²) in [5, 5.41) is 33.5. The van der Waals surface area contributed by atoms with Gasteiger partial charge in [0.15, 0.2) is 5.60 Å². The second kappa shape index (κ2) is 5.86. The number of non-ortho nitro benzene ring substituents is 1. The van der Waals surface area contributed by atoms with E-state index < -0.39 is 27.8 Å². The average molecular weight is 409 g/mol. The van der Waals surface area contributed by atoms with Crippen LogP contribution in [0.25, 0.3) is 22.3 Å². The lowest BCUT2D eigenvalue weighted by molar-refractivity contribution is -0.384. The Bertz CT molecular complexity index is 1360. The van der Waals surface area contributed by atoms with Gasteiger partial charge in [0.05, 0.1) is 33.8 Å². The van der Waals surface area contributed by atoms with Crippen LogP contribution in [0.4, 0.5) is 5.69 Å². The van der Waals surface area contributed by atoms with Crippen LogP contribution in [0.5, 0.6) is 5.75 Å². The predicted octanol–water partition coefficient (Wildman–Crippen LogP) is 1.69. The number of hydrogen-bond acceptors (Lipinski definition) is 8. The van der Waals surface area contributed by atoms with E-state index in [9.17, 15) is 29.9 Å². The quantitative estimate of drug-likeness (QED) is 0.289. The standard InChI is InChI=1S/C20H15N3O7/c1-2-20(27)14-12(8-30-19(20)26)18(25)22-7-10-5-9-6-11(23(28)29)3-4-13(9)21-15(10)16(22)17(14)24/h3-6,24,27H,2,7-8H2,1H3/t20-/m0/s1. The van der Waals surface area contributed by atoms with Crippen LogP contribution < -0.4 is 5.56 Å². The minimum atomic E-state index is -2.13. The number of benzene rings is 1. The number of carbonyl (C=O) groups excluding carboxylic acids is 1. The number of pyridine rings is 2. The van der Waals surface area contributed by atoms with Crippen LogP contribution in [0.2, 0.25) is 0 Å². The molecule has 2 aliphatic rings. The van der Waals surface area contributed by atoms with Crippen LogP contribution >= 0.6 is 0 Å². The minimum absolute atomic E-state index is 0.0215. The van der Waals surface area contributed by atoms with Crippen molar-refractivity contribution in [2.45, 2.75) is 32.1 Å². The summed E-state index contributed by atoms with van der Waals surface area (Å²) in [6, 6.07) is 5.89. The maximum absolute atomic E-state index is 13.1. The molecule has 0 saturated carbocycles. The van der Waals surface area contributed by atoms with Gasteiger partial charge in [-0.1, -0.05) is 6.92 Å². The first-order chi connectivity index (χ1) is 14.3. The number of esters is 1. The molecule has 0 bridgehead atoms. The first-order valence-corrected chi connectivity index (χ1v) is 9.23. The molecule has 0 amide bonds. The van der Waals surface area contributed by atoms with Crippen LogP contribution in [0.15, 0.2) is 29.1 Å². The number of hydrogen-bond donors (Lipinski definition) is 2. The molecule has 10 nitrogen and oxygen atoms in total. The van der Waals surface area contributed by atoms with Crippen molar-refractivity contribution in [2.24, 2.45) is 0 Å². The lowest BCUT2D eigenvalue weighted by atomic mass is 9.85. The predicted molar refractivity (Wildman–Crippen MR) is 103 cm³/mol. The van der Waals surface area contributed by atoms with Crippen molar-refractivity contribution >= 4 is 22.6 Å². The molecule has 5 rings (SSSR count). The van der Waals surface area contributed by atoms with Crippen LogP contribution in [0.3, 0.4) is 0 Å². The van der Waals surface area contributed by atoms with E-state index in [1.807, 2.05) is 0 Å². The Kier molecular flexibility index (Phi) is 3.57. The van der Waals surface area contributed by atoms with Crippen LogP contribution in [-0.4, -0.2) is 30.7 Å². The second-order valence-corrected chi connectivity index (χ2v) is 7.36. The highest BCUT2D eigenvalue weighted by Gasteiger charge is 2.48. The fourth-order valence-corrected chi connectivity index (χ4v) is 4.23. The molecular weight excluding hydrogens is 394 g/mol.